The summed E-state index contributed by atoms with van der Waals surface area (Å²) in [6.07, 6.45) is 6.14. The van der Waals surface area contributed by atoms with Crippen LogP contribution in [-0.4, -0.2) is 45.2 Å². The van der Waals surface area contributed by atoms with E-state index >= 15 is 0 Å². The highest BCUT2D eigenvalue weighted by Crippen LogP contribution is 2.25. The zero-order chi connectivity index (χ0) is 13.0. The molecule has 2 aliphatic rings. The molecule has 0 spiro atoms. The van der Waals surface area contributed by atoms with E-state index in [0.717, 1.165) is 18.9 Å². The zero-order valence-corrected chi connectivity index (χ0v) is 12.0. The van der Waals surface area contributed by atoms with Gasteiger partial charge >= 0.3 is 0 Å². The van der Waals surface area contributed by atoms with E-state index in [9.17, 15) is 8.42 Å². The Morgan fingerprint density at radius 3 is 2.78 bits per heavy atom. The van der Waals surface area contributed by atoms with Gasteiger partial charge in [0.15, 0.2) is 9.84 Å². The molecular formula is C13H25NO3S. The predicted molar refractivity (Wildman–Crippen MR) is 72.4 cm³/mol. The first-order chi connectivity index (χ1) is 8.55. The lowest BCUT2D eigenvalue weighted by molar-refractivity contribution is 0.0168. The molecule has 1 aliphatic carbocycles. The van der Waals surface area contributed by atoms with Crippen molar-refractivity contribution < 1.29 is 13.2 Å². The maximum Gasteiger partial charge on any atom is 0.151 e. The van der Waals surface area contributed by atoms with E-state index < -0.39 is 9.84 Å². The molecule has 1 N–H and O–H groups in total. The zero-order valence-electron chi connectivity index (χ0n) is 11.2. The van der Waals surface area contributed by atoms with Crippen molar-refractivity contribution in [1.29, 1.82) is 0 Å². The summed E-state index contributed by atoms with van der Waals surface area (Å²) >= 11 is 0. The largest absolute Gasteiger partial charge is 0.377 e. The van der Waals surface area contributed by atoms with Gasteiger partial charge in [0.2, 0.25) is 0 Å². The molecule has 106 valence electrons. The minimum atomic E-state index is -2.76. The Kier molecular flexibility index (Phi) is 5.04. The van der Waals surface area contributed by atoms with E-state index in [0.29, 0.717) is 24.2 Å². The summed E-state index contributed by atoms with van der Waals surface area (Å²) in [5.41, 5.74) is 0. The van der Waals surface area contributed by atoms with Crippen LogP contribution < -0.4 is 5.32 Å². The highest BCUT2D eigenvalue weighted by molar-refractivity contribution is 7.91. The fraction of sp³-hybridized carbons (Fsp3) is 1.00. The molecular weight excluding hydrogens is 250 g/mol. The van der Waals surface area contributed by atoms with Crippen LogP contribution in [-0.2, 0) is 14.6 Å². The Hall–Kier alpha value is -0.130. The van der Waals surface area contributed by atoms with Crippen molar-refractivity contribution in [2.45, 2.75) is 51.2 Å². The molecule has 0 amide bonds. The standard InChI is InChI=1S/C13H25NO3S/c1-11-3-2-4-13(9-11)17-7-6-14-12-5-8-18(15,16)10-12/h11-14H,2-10H2,1H3. The Morgan fingerprint density at radius 2 is 2.11 bits per heavy atom. The van der Waals surface area contributed by atoms with Gasteiger partial charge in [-0.2, -0.15) is 0 Å². The molecule has 0 aromatic rings. The van der Waals surface area contributed by atoms with E-state index in [2.05, 4.69) is 12.2 Å². The van der Waals surface area contributed by atoms with Crippen LogP contribution in [0.2, 0.25) is 0 Å². The average molecular weight is 275 g/mol. The third-order valence-corrected chi connectivity index (χ3v) is 5.78. The summed E-state index contributed by atoms with van der Waals surface area (Å²) in [5, 5.41) is 3.28. The molecule has 0 aromatic carbocycles. The Bertz CT molecular complexity index is 355. The van der Waals surface area contributed by atoms with Crippen LogP contribution in [0.4, 0.5) is 0 Å². The van der Waals surface area contributed by atoms with Crippen molar-refractivity contribution in [3.8, 4) is 0 Å². The van der Waals surface area contributed by atoms with Gasteiger partial charge < -0.3 is 10.1 Å². The maximum atomic E-state index is 11.3. The summed E-state index contributed by atoms with van der Waals surface area (Å²) < 4.78 is 28.4. The molecule has 3 atom stereocenters. The average Bonchev–Trinajstić information content (AvgIpc) is 2.65. The van der Waals surface area contributed by atoms with Crippen molar-refractivity contribution in [2.24, 2.45) is 5.92 Å². The number of nitrogens with one attached hydrogen (secondary N) is 1. The van der Waals surface area contributed by atoms with Gasteiger partial charge in [0.05, 0.1) is 24.2 Å². The van der Waals surface area contributed by atoms with E-state index in [1.165, 1.54) is 25.7 Å². The Labute approximate surface area is 110 Å². The maximum absolute atomic E-state index is 11.3. The minimum Gasteiger partial charge on any atom is -0.377 e. The molecule has 0 bridgehead atoms. The van der Waals surface area contributed by atoms with E-state index in [1.807, 2.05) is 0 Å². The molecule has 0 radical (unpaired) electrons. The molecule has 1 aliphatic heterocycles. The summed E-state index contributed by atoms with van der Waals surface area (Å²) in [7, 11) is -2.76. The van der Waals surface area contributed by atoms with Crippen LogP contribution in [0.25, 0.3) is 0 Å². The molecule has 1 saturated carbocycles. The van der Waals surface area contributed by atoms with E-state index in [-0.39, 0.29) is 6.04 Å². The summed E-state index contributed by atoms with van der Waals surface area (Å²) in [6, 6.07) is 0.142. The lowest BCUT2D eigenvalue weighted by atomic mass is 9.89. The van der Waals surface area contributed by atoms with Gasteiger partial charge in [0.1, 0.15) is 0 Å². The van der Waals surface area contributed by atoms with Gasteiger partial charge in [-0.3, -0.25) is 0 Å². The first-order valence-corrected chi connectivity index (χ1v) is 8.93. The van der Waals surface area contributed by atoms with Gasteiger partial charge in [-0.25, -0.2) is 8.42 Å². The topological polar surface area (TPSA) is 55.4 Å². The number of sulfone groups is 1. The molecule has 3 unspecified atom stereocenters. The second-order valence-corrected chi connectivity index (χ2v) is 8.05. The van der Waals surface area contributed by atoms with Gasteiger partial charge in [-0.1, -0.05) is 19.8 Å². The highest BCUT2D eigenvalue weighted by Gasteiger charge is 2.27. The SMILES string of the molecule is CC1CCCC(OCCNC2CCS(=O)(=O)C2)C1. The minimum absolute atomic E-state index is 0.142. The normalized spacial score (nSPS) is 35.7. The van der Waals surface area contributed by atoms with Crippen LogP contribution in [0.1, 0.15) is 39.0 Å². The van der Waals surface area contributed by atoms with E-state index in [1.54, 1.807) is 0 Å². The van der Waals surface area contributed by atoms with Gasteiger partial charge in [0.25, 0.3) is 0 Å². The molecule has 2 rings (SSSR count). The van der Waals surface area contributed by atoms with Crippen LogP contribution >= 0.6 is 0 Å². The molecule has 0 aromatic heterocycles. The van der Waals surface area contributed by atoms with Crippen LogP contribution in [0.5, 0.6) is 0 Å². The van der Waals surface area contributed by atoms with Gasteiger partial charge in [0, 0.05) is 12.6 Å². The third-order valence-electron chi connectivity index (χ3n) is 4.01. The number of ether oxygens (including phenoxy) is 1. The summed E-state index contributed by atoms with van der Waals surface area (Å²) in [4.78, 5) is 0. The van der Waals surface area contributed by atoms with Gasteiger partial charge in [-0.05, 0) is 25.2 Å². The fourth-order valence-corrected chi connectivity index (χ4v) is 4.68. The first kappa shape index (κ1) is 14.3. The Morgan fingerprint density at radius 1 is 1.28 bits per heavy atom. The molecule has 1 heterocycles. The second kappa shape index (κ2) is 6.35. The quantitative estimate of drug-likeness (QED) is 0.770. The summed E-state index contributed by atoms with van der Waals surface area (Å²) in [5.74, 6) is 1.43. The molecule has 4 nitrogen and oxygen atoms in total. The predicted octanol–water partition coefficient (Wildman–Crippen LogP) is 1.36. The molecule has 18 heavy (non-hydrogen) atoms. The third kappa shape index (κ3) is 4.52. The molecule has 1 saturated heterocycles. The van der Waals surface area contributed by atoms with Crippen molar-refractivity contribution in [3.05, 3.63) is 0 Å². The van der Waals surface area contributed by atoms with Gasteiger partial charge in [-0.15, -0.1) is 0 Å². The smallest absolute Gasteiger partial charge is 0.151 e. The van der Waals surface area contributed by atoms with Crippen LogP contribution in [0.15, 0.2) is 0 Å². The fourth-order valence-electron chi connectivity index (χ4n) is 2.97. The van der Waals surface area contributed by atoms with E-state index in [4.69, 9.17) is 4.74 Å². The lowest BCUT2D eigenvalue weighted by Crippen LogP contribution is -2.34. The first-order valence-electron chi connectivity index (χ1n) is 7.10. The van der Waals surface area contributed by atoms with Crippen molar-refractivity contribution >= 4 is 9.84 Å². The second-order valence-electron chi connectivity index (χ2n) is 5.82. The van der Waals surface area contributed by atoms with Crippen LogP contribution in [0.3, 0.4) is 0 Å². The van der Waals surface area contributed by atoms with Crippen molar-refractivity contribution in [3.63, 3.8) is 0 Å². The molecule has 5 heteroatoms. The van der Waals surface area contributed by atoms with Crippen LogP contribution in [0, 0.1) is 5.92 Å². The summed E-state index contributed by atoms with van der Waals surface area (Å²) in [6.45, 7) is 3.76. The van der Waals surface area contributed by atoms with Crippen molar-refractivity contribution in [2.75, 3.05) is 24.7 Å². The number of hydrogen-bond acceptors (Lipinski definition) is 4. The monoisotopic (exact) mass is 275 g/mol. The highest BCUT2D eigenvalue weighted by atomic mass is 32.2. The number of hydrogen-bond donors (Lipinski definition) is 1. The Balaban J connectivity index is 1.56. The lowest BCUT2D eigenvalue weighted by Gasteiger charge is -2.27. The molecule has 2 fully saturated rings. The number of rotatable bonds is 5. The van der Waals surface area contributed by atoms with Crippen molar-refractivity contribution in [1.82, 2.24) is 5.32 Å².